The highest BCUT2D eigenvalue weighted by atomic mass is 16.1. The van der Waals surface area contributed by atoms with Crippen molar-refractivity contribution in [2.24, 2.45) is 0 Å². The van der Waals surface area contributed by atoms with Crippen LogP contribution in [0.25, 0.3) is 0 Å². The molecule has 1 amide bonds. The fourth-order valence-electron chi connectivity index (χ4n) is 0.805. The Hall–Kier alpha value is -0.570. The van der Waals surface area contributed by atoms with Crippen LogP contribution in [0.3, 0.4) is 0 Å². The molecular formula is C8H17N2O. The van der Waals surface area contributed by atoms with E-state index in [-0.39, 0.29) is 12.5 Å². The van der Waals surface area contributed by atoms with Crippen molar-refractivity contribution < 1.29 is 4.79 Å². The van der Waals surface area contributed by atoms with E-state index in [0.29, 0.717) is 6.42 Å². The largest absolute Gasteiger partial charge is 0.356 e. The second-order valence-corrected chi connectivity index (χ2v) is 2.56. The van der Waals surface area contributed by atoms with E-state index in [0.717, 1.165) is 13.0 Å². The molecular weight excluding hydrogens is 140 g/mol. The molecule has 65 valence electrons. The lowest BCUT2D eigenvalue weighted by atomic mass is 10.2. The van der Waals surface area contributed by atoms with Crippen LogP contribution < -0.4 is 11.1 Å². The number of hydrogen-bond acceptors (Lipinski definition) is 1. The average molecular weight is 157 g/mol. The SMILES string of the molecule is CCCCCNC(=O)CC[NH]. The van der Waals surface area contributed by atoms with Gasteiger partial charge >= 0.3 is 0 Å². The van der Waals surface area contributed by atoms with Crippen molar-refractivity contribution in [3.63, 3.8) is 0 Å². The first-order valence-corrected chi connectivity index (χ1v) is 4.22. The van der Waals surface area contributed by atoms with Gasteiger partial charge in [0.15, 0.2) is 0 Å². The number of carbonyl (C=O) groups is 1. The standard InChI is InChI=1S/C8H17N2O/c1-2-3-4-7-10-8(11)5-6-9/h9H,2-7H2,1H3,(H,10,11). The first-order valence-electron chi connectivity index (χ1n) is 4.22. The van der Waals surface area contributed by atoms with E-state index in [9.17, 15) is 4.79 Å². The summed E-state index contributed by atoms with van der Waals surface area (Å²) in [6, 6.07) is 0. The van der Waals surface area contributed by atoms with E-state index in [4.69, 9.17) is 5.73 Å². The van der Waals surface area contributed by atoms with E-state index in [1.165, 1.54) is 12.8 Å². The van der Waals surface area contributed by atoms with Crippen molar-refractivity contribution in [1.29, 1.82) is 0 Å². The van der Waals surface area contributed by atoms with E-state index in [1.807, 2.05) is 0 Å². The van der Waals surface area contributed by atoms with Gasteiger partial charge < -0.3 is 5.32 Å². The van der Waals surface area contributed by atoms with Crippen LogP contribution in [0.1, 0.15) is 32.6 Å². The molecule has 0 aromatic heterocycles. The molecule has 0 heterocycles. The minimum absolute atomic E-state index is 0.0103. The van der Waals surface area contributed by atoms with Crippen molar-refractivity contribution in [3.05, 3.63) is 0 Å². The summed E-state index contributed by atoms with van der Waals surface area (Å²) in [6.45, 7) is 3.10. The van der Waals surface area contributed by atoms with Gasteiger partial charge in [0.05, 0.1) is 0 Å². The van der Waals surface area contributed by atoms with Gasteiger partial charge in [-0.1, -0.05) is 19.8 Å². The zero-order valence-electron chi connectivity index (χ0n) is 7.15. The number of nitrogens with one attached hydrogen (secondary N) is 2. The molecule has 0 saturated carbocycles. The number of unbranched alkanes of at least 4 members (excludes halogenated alkanes) is 2. The van der Waals surface area contributed by atoms with Gasteiger partial charge in [0.2, 0.25) is 5.91 Å². The van der Waals surface area contributed by atoms with Gasteiger partial charge in [0.1, 0.15) is 0 Å². The summed E-state index contributed by atoms with van der Waals surface area (Å²) in [7, 11) is 0. The van der Waals surface area contributed by atoms with Gasteiger partial charge in [0.25, 0.3) is 0 Å². The molecule has 11 heavy (non-hydrogen) atoms. The number of hydrogen-bond donors (Lipinski definition) is 1. The maximum Gasteiger partial charge on any atom is 0.221 e. The van der Waals surface area contributed by atoms with Crippen molar-refractivity contribution >= 4 is 5.91 Å². The molecule has 0 fully saturated rings. The van der Waals surface area contributed by atoms with Crippen LogP contribution in [0, 0.1) is 0 Å². The van der Waals surface area contributed by atoms with Crippen LogP contribution in [0.2, 0.25) is 0 Å². The second-order valence-electron chi connectivity index (χ2n) is 2.56. The number of carbonyl (C=O) groups excluding carboxylic acids is 1. The first kappa shape index (κ1) is 10.4. The second kappa shape index (κ2) is 7.54. The molecule has 0 saturated heterocycles. The molecule has 0 spiro atoms. The molecule has 3 heteroatoms. The van der Waals surface area contributed by atoms with Gasteiger partial charge in [-0.05, 0) is 6.42 Å². The lowest BCUT2D eigenvalue weighted by Crippen LogP contribution is -2.25. The predicted molar refractivity (Wildman–Crippen MR) is 45.1 cm³/mol. The Kier molecular flexibility index (Phi) is 7.15. The topological polar surface area (TPSA) is 52.9 Å². The Balaban J connectivity index is 3.04. The first-order chi connectivity index (χ1) is 5.31. The third-order valence-corrected chi connectivity index (χ3v) is 1.45. The Morgan fingerprint density at radius 1 is 1.45 bits per heavy atom. The molecule has 3 nitrogen and oxygen atoms in total. The molecule has 0 aliphatic rings. The van der Waals surface area contributed by atoms with E-state index in [1.54, 1.807) is 0 Å². The fourth-order valence-corrected chi connectivity index (χ4v) is 0.805. The highest BCUT2D eigenvalue weighted by Crippen LogP contribution is 1.91. The lowest BCUT2D eigenvalue weighted by molar-refractivity contribution is -0.120. The summed E-state index contributed by atoms with van der Waals surface area (Å²) < 4.78 is 0. The van der Waals surface area contributed by atoms with Gasteiger partial charge in [-0.2, -0.15) is 0 Å². The third-order valence-electron chi connectivity index (χ3n) is 1.45. The molecule has 1 radical (unpaired) electrons. The lowest BCUT2D eigenvalue weighted by Gasteiger charge is -2.01. The Bertz CT molecular complexity index is 104. The summed E-state index contributed by atoms with van der Waals surface area (Å²) in [6.07, 6.45) is 3.74. The summed E-state index contributed by atoms with van der Waals surface area (Å²) in [4.78, 5) is 10.8. The Morgan fingerprint density at radius 2 is 2.18 bits per heavy atom. The maximum absolute atomic E-state index is 10.8. The minimum Gasteiger partial charge on any atom is -0.356 e. The summed E-state index contributed by atoms with van der Waals surface area (Å²) in [5.41, 5.74) is 6.79. The highest BCUT2D eigenvalue weighted by molar-refractivity contribution is 5.75. The number of amides is 1. The molecule has 2 N–H and O–H groups in total. The zero-order valence-corrected chi connectivity index (χ0v) is 7.15. The quantitative estimate of drug-likeness (QED) is 0.574. The summed E-state index contributed by atoms with van der Waals surface area (Å²) >= 11 is 0. The zero-order chi connectivity index (χ0) is 8.53. The van der Waals surface area contributed by atoms with E-state index >= 15 is 0 Å². The molecule has 0 rings (SSSR count). The third kappa shape index (κ3) is 7.33. The fraction of sp³-hybridized carbons (Fsp3) is 0.875. The van der Waals surface area contributed by atoms with E-state index < -0.39 is 0 Å². The Morgan fingerprint density at radius 3 is 2.73 bits per heavy atom. The average Bonchev–Trinajstić information content (AvgIpc) is 1.99. The maximum atomic E-state index is 10.8. The smallest absolute Gasteiger partial charge is 0.221 e. The molecule has 0 aliphatic heterocycles. The number of rotatable bonds is 6. The van der Waals surface area contributed by atoms with Gasteiger partial charge in [-0.15, -0.1) is 0 Å². The molecule has 0 aromatic carbocycles. The van der Waals surface area contributed by atoms with E-state index in [2.05, 4.69) is 12.2 Å². The predicted octanol–water partition coefficient (Wildman–Crippen LogP) is 0.966. The normalized spacial score (nSPS) is 9.64. The van der Waals surface area contributed by atoms with Crippen LogP contribution >= 0.6 is 0 Å². The molecule has 0 bridgehead atoms. The minimum atomic E-state index is 0.0103. The molecule has 0 aromatic rings. The van der Waals surface area contributed by atoms with Gasteiger partial charge in [-0.3, -0.25) is 10.5 Å². The summed E-state index contributed by atoms with van der Waals surface area (Å²) in [5.74, 6) is 0.0103. The molecule has 0 atom stereocenters. The van der Waals surface area contributed by atoms with Crippen LogP contribution in [-0.4, -0.2) is 19.0 Å². The van der Waals surface area contributed by atoms with Gasteiger partial charge in [0, 0.05) is 19.5 Å². The van der Waals surface area contributed by atoms with Crippen molar-refractivity contribution in [2.75, 3.05) is 13.1 Å². The van der Waals surface area contributed by atoms with Crippen molar-refractivity contribution in [2.45, 2.75) is 32.6 Å². The monoisotopic (exact) mass is 157 g/mol. The highest BCUT2D eigenvalue weighted by Gasteiger charge is 1.96. The van der Waals surface area contributed by atoms with Gasteiger partial charge in [-0.25, -0.2) is 0 Å². The van der Waals surface area contributed by atoms with Crippen LogP contribution in [-0.2, 0) is 4.79 Å². The van der Waals surface area contributed by atoms with Crippen LogP contribution in [0.15, 0.2) is 0 Å². The molecule has 0 unspecified atom stereocenters. The molecule has 0 aliphatic carbocycles. The van der Waals surface area contributed by atoms with Crippen molar-refractivity contribution in [1.82, 2.24) is 11.1 Å². The Labute approximate surface area is 68.3 Å². The van der Waals surface area contributed by atoms with Crippen LogP contribution in [0.4, 0.5) is 0 Å². The van der Waals surface area contributed by atoms with Crippen LogP contribution in [0.5, 0.6) is 0 Å². The van der Waals surface area contributed by atoms with Crippen molar-refractivity contribution in [3.8, 4) is 0 Å². The summed E-state index contributed by atoms with van der Waals surface area (Å²) in [5, 5.41) is 2.76.